The molecule has 3 rings (SSSR count). The number of hydrogen-bond donors (Lipinski definition) is 1. The predicted molar refractivity (Wildman–Crippen MR) is 89.4 cm³/mol. The topological polar surface area (TPSA) is 66.8 Å². The van der Waals surface area contributed by atoms with Crippen LogP contribution in [0.4, 0.5) is 0 Å². The zero-order chi connectivity index (χ0) is 16.4. The summed E-state index contributed by atoms with van der Waals surface area (Å²) in [7, 11) is -2.02. The molecule has 2 aromatic rings. The lowest BCUT2D eigenvalue weighted by Crippen LogP contribution is -2.29. The van der Waals surface area contributed by atoms with Gasteiger partial charge in [0.2, 0.25) is 10.0 Å². The number of benzene rings is 1. The van der Waals surface area contributed by atoms with Crippen LogP contribution >= 0.6 is 11.3 Å². The lowest BCUT2D eigenvalue weighted by atomic mass is 9.92. The fourth-order valence-electron chi connectivity index (χ4n) is 2.97. The van der Waals surface area contributed by atoms with E-state index in [4.69, 9.17) is 4.74 Å². The molecule has 0 bridgehead atoms. The molecule has 2 heterocycles. The second kappa shape index (κ2) is 6.60. The summed E-state index contributed by atoms with van der Waals surface area (Å²) in [5, 5.41) is 13.6. The van der Waals surface area contributed by atoms with Gasteiger partial charge in [-0.3, -0.25) is 0 Å². The molecule has 1 aromatic heterocycles. The van der Waals surface area contributed by atoms with Gasteiger partial charge in [-0.15, -0.1) is 0 Å². The minimum atomic E-state index is -3.56. The highest BCUT2D eigenvalue weighted by atomic mass is 32.2. The molecule has 0 saturated carbocycles. The maximum absolute atomic E-state index is 12.8. The zero-order valence-corrected chi connectivity index (χ0v) is 14.4. The van der Waals surface area contributed by atoms with E-state index in [2.05, 4.69) is 0 Å². The Morgan fingerprint density at radius 1 is 1.26 bits per heavy atom. The molecule has 0 radical (unpaired) electrons. The van der Waals surface area contributed by atoms with Crippen molar-refractivity contribution >= 4 is 21.4 Å². The van der Waals surface area contributed by atoms with Crippen molar-refractivity contribution < 1.29 is 18.3 Å². The highest BCUT2D eigenvalue weighted by Crippen LogP contribution is 2.36. The van der Waals surface area contributed by atoms with Gasteiger partial charge in [0.1, 0.15) is 5.75 Å². The number of rotatable bonds is 5. The fourth-order valence-corrected chi connectivity index (χ4v) is 5.22. The van der Waals surface area contributed by atoms with Gasteiger partial charge >= 0.3 is 0 Å². The molecular weight excluding hydrogens is 334 g/mol. The number of hydrogen-bond acceptors (Lipinski definition) is 5. The van der Waals surface area contributed by atoms with Crippen LogP contribution < -0.4 is 4.74 Å². The second-order valence-corrected chi connectivity index (χ2v) is 8.32. The summed E-state index contributed by atoms with van der Waals surface area (Å²) < 4.78 is 32.2. The molecular formula is C16H19NO4S2. The normalized spacial score (nSPS) is 22.3. The van der Waals surface area contributed by atoms with Crippen molar-refractivity contribution in [3.63, 3.8) is 0 Å². The molecule has 0 unspecified atom stereocenters. The van der Waals surface area contributed by atoms with Crippen LogP contribution in [-0.4, -0.2) is 44.6 Å². The van der Waals surface area contributed by atoms with Gasteiger partial charge < -0.3 is 9.84 Å². The molecule has 2 atom stereocenters. The Morgan fingerprint density at radius 2 is 2.00 bits per heavy atom. The lowest BCUT2D eigenvalue weighted by Gasteiger charge is -2.16. The van der Waals surface area contributed by atoms with E-state index in [0.717, 1.165) is 5.56 Å². The highest BCUT2D eigenvalue weighted by molar-refractivity contribution is 7.89. The van der Waals surface area contributed by atoms with Crippen molar-refractivity contribution in [1.29, 1.82) is 0 Å². The summed E-state index contributed by atoms with van der Waals surface area (Å²) in [5.41, 5.74) is 1.10. The molecule has 7 heteroatoms. The minimum absolute atomic E-state index is 0.0187. The van der Waals surface area contributed by atoms with Crippen LogP contribution in [0, 0.1) is 5.92 Å². The van der Waals surface area contributed by atoms with E-state index in [1.54, 1.807) is 42.7 Å². The average molecular weight is 353 g/mol. The predicted octanol–water partition coefficient (Wildman–Crippen LogP) is 2.15. The first kappa shape index (κ1) is 16.4. The Hall–Kier alpha value is -1.41. The number of ether oxygens (including phenoxy) is 1. The Labute approximate surface area is 140 Å². The molecule has 23 heavy (non-hydrogen) atoms. The first-order valence-electron chi connectivity index (χ1n) is 7.33. The van der Waals surface area contributed by atoms with Crippen molar-refractivity contribution in [2.75, 3.05) is 26.8 Å². The third-order valence-corrected chi connectivity index (χ3v) is 6.86. The summed E-state index contributed by atoms with van der Waals surface area (Å²) in [6.07, 6.45) is 0. The van der Waals surface area contributed by atoms with Gasteiger partial charge in [-0.2, -0.15) is 15.6 Å². The maximum Gasteiger partial charge on any atom is 0.243 e. The summed E-state index contributed by atoms with van der Waals surface area (Å²) >= 11 is 1.58. The van der Waals surface area contributed by atoms with E-state index in [1.165, 1.54) is 4.31 Å². The van der Waals surface area contributed by atoms with Gasteiger partial charge in [0.05, 0.1) is 12.0 Å². The third-order valence-electron chi connectivity index (χ3n) is 4.31. The fraction of sp³-hybridized carbons (Fsp3) is 0.375. The SMILES string of the molecule is COc1ccc(S(=O)(=O)N2C[C@@H](CO)[C@@H](c3ccsc3)C2)cc1. The Balaban J connectivity index is 1.85. The van der Waals surface area contributed by atoms with E-state index in [9.17, 15) is 13.5 Å². The molecule has 0 aliphatic carbocycles. The van der Waals surface area contributed by atoms with Crippen LogP contribution in [0.5, 0.6) is 5.75 Å². The van der Waals surface area contributed by atoms with Crippen LogP contribution in [0.15, 0.2) is 46.0 Å². The lowest BCUT2D eigenvalue weighted by molar-refractivity contribution is 0.223. The number of sulfonamides is 1. The van der Waals surface area contributed by atoms with Gasteiger partial charge in [-0.25, -0.2) is 8.42 Å². The van der Waals surface area contributed by atoms with Gasteiger partial charge in [-0.1, -0.05) is 0 Å². The molecule has 124 valence electrons. The Morgan fingerprint density at radius 3 is 2.57 bits per heavy atom. The first-order chi connectivity index (χ1) is 11.1. The number of nitrogens with zero attached hydrogens (tertiary/aromatic N) is 1. The van der Waals surface area contributed by atoms with Gasteiger partial charge in [0, 0.05) is 31.5 Å². The third kappa shape index (κ3) is 3.14. The quantitative estimate of drug-likeness (QED) is 0.894. The van der Waals surface area contributed by atoms with E-state index in [1.807, 2.05) is 16.8 Å². The van der Waals surface area contributed by atoms with Gasteiger partial charge in [0.15, 0.2) is 0 Å². The molecule has 0 amide bonds. The molecule has 1 aromatic carbocycles. The van der Waals surface area contributed by atoms with E-state index in [-0.39, 0.29) is 23.3 Å². The van der Waals surface area contributed by atoms with Gasteiger partial charge in [0.25, 0.3) is 0 Å². The molecule has 1 saturated heterocycles. The van der Waals surface area contributed by atoms with Crippen LogP contribution in [0.1, 0.15) is 11.5 Å². The average Bonchev–Trinajstić information content (AvgIpc) is 3.23. The van der Waals surface area contributed by atoms with E-state index < -0.39 is 10.0 Å². The van der Waals surface area contributed by atoms with Crippen LogP contribution in [0.2, 0.25) is 0 Å². The Kier molecular flexibility index (Phi) is 4.72. The number of aliphatic hydroxyl groups excluding tert-OH is 1. The monoisotopic (exact) mass is 353 g/mol. The molecule has 0 spiro atoms. The number of thiophene rings is 1. The van der Waals surface area contributed by atoms with Crippen LogP contribution in [0.25, 0.3) is 0 Å². The first-order valence-corrected chi connectivity index (χ1v) is 9.71. The van der Waals surface area contributed by atoms with Crippen LogP contribution in [0.3, 0.4) is 0 Å². The van der Waals surface area contributed by atoms with E-state index >= 15 is 0 Å². The minimum Gasteiger partial charge on any atom is -0.497 e. The molecule has 1 aliphatic heterocycles. The Bertz CT molecular complexity index is 741. The second-order valence-electron chi connectivity index (χ2n) is 5.60. The zero-order valence-electron chi connectivity index (χ0n) is 12.8. The highest BCUT2D eigenvalue weighted by Gasteiger charge is 2.39. The standard InChI is InChI=1S/C16H19NO4S2/c1-21-14-2-4-15(5-3-14)23(19,20)17-8-13(10-18)16(9-17)12-6-7-22-11-12/h2-7,11,13,16,18H,8-10H2,1H3/t13-,16+/m0/s1. The largest absolute Gasteiger partial charge is 0.497 e. The molecule has 5 nitrogen and oxygen atoms in total. The van der Waals surface area contributed by atoms with Crippen LogP contribution in [-0.2, 0) is 10.0 Å². The van der Waals surface area contributed by atoms with Crippen molar-refractivity contribution in [2.24, 2.45) is 5.92 Å². The van der Waals surface area contributed by atoms with Gasteiger partial charge in [-0.05, 0) is 46.7 Å². The van der Waals surface area contributed by atoms with Crippen molar-refractivity contribution in [3.8, 4) is 5.75 Å². The van der Waals surface area contributed by atoms with Crippen molar-refractivity contribution in [3.05, 3.63) is 46.7 Å². The van der Waals surface area contributed by atoms with Crippen molar-refractivity contribution in [2.45, 2.75) is 10.8 Å². The number of methoxy groups -OCH3 is 1. The van der Waals surface area contributed by atoms with E-state index in [0.29, 0.717) is 18.8 Å². The smallest absolute Gasteiger partial charge is 0.243 e. The summed E-state index contributed by atoms with van der Waals surface area (Å²) in [6, 6.07) is 8.40. The summed E-state index contributed by atoms with van der Waals surface area (Å²) in [6.45, 7) is 0.719. The van der Waals surface area contributed by atoms with Crippen molar-refractivity contribution in [1.82, 2.24) is 4.31 Å². The molecule has 1 N–H and O–H groups in total. The summed E-state index contributed by atoms with van der Waals surface area (Å²) in [5.74, 6) is 0.589. The number of aliphatic hydroxyl groups is 1. The molecule has 1 aliphatic rings. The molecule has 1 fully saturated rings. The summed E-state index contributed by atoms with van der Waals surface area (Å²) in [4.78, 5) is 0.251. The maximum atomic E-state index is 12.8.